The Balaban J connectivity index is 3.16. The molecule has 110 valence electrons. The molecule has 0 unspecified atom stereocenters. The zero-order chi connectivity index (χ0) is 15.5. The molecule has 0 aliphatic carbocycles. The number of benzene rings is 1. The fourth-order valence-corrected chi connectivity index (χ4v) is 1.60. The number of hydrogen-bond donors (Lipinski definition) is 2. The molecule has 0 radical (unpaired) electrons. The molecule has 0 aliphatic rings. The van der Waals surface area contributed by atoms with E-state index in [0.717, 1.165) is 0 Å². The molecule has 2 N–H and O–H groups in total. The van der Waals surface area contributed by atoms with Crippen molar-refractivity contribution in [2.24, 2.45) is 0 Å². The summed E-state index contributed by atoms with van der Waals surface area (Å²) in [6.45, 7) is 4.79. The second-order valence-electron chi connectivity index (χ2n) is 4.50. The molecule has 1 amide bonds. The number of nitrogens with one attached hydrogen (secondary N) is 1. The van der Waals surface area contributed by atoms with Gasteiger partial charge in [-0.2, -0.15) is 0 Å². The van der Waals surface area contributed by atoms with Gasteiger partial charge in [0.05, 0.1) is 12.3 Å². The van der Waals surface area contributed by atoms with Crippen LogP contribution < -0.4 is 5.32 Å². The third kappa shape index (κ3) is 4.02. The molecule has 1 aromatic carbocycles. The molecular weight excluding hydrogens is 305 g/mol. The Bertz CT molecular complexity index is 538. The number of carbonyl (C=O) groups is 2. The highest BCUT2D eigenvalue weighted by Crippen LogP contribution is 2.33. The van der Waals surface area contributed by atoms with E-state index in [0.29, 0.717) is 0 Å². The quantitative estimate of drug-likeness (QED) is 0.507. The number of hydrogen-bond acceptors (Lipinski definition) is 4. The van der Waals surface area contributed by atoms with Gasteiger partial charge in [-0.05, 0) is 32.9 Å². The van der Waals surface area contributed by atoms with E-state index in [2.05, 4.69) is 5.32 Å². The first-order valence-corrected chi connectivity index (χ1v) is 6.62. The van der Waals surface area contributed by atoms with Gasteiger partial charge in [0.2, 0.25) is 5.91 Å². The second-order valence-corrected chi connectivity index (χ2v) is 5.88. The lowest BCUT2D eigenvalue weighted by Crippen LogP contribution is -2.31. The van der Waals surface area contributed by atoms with Crippen LogP contribution in [-0.4, -0.2) is 28.5 Å². The number of amides is 1. The zero-order valence-corrected chi connectivity index (χ0v) is 12.8. The Kier molecular flexibility index (Phi) is 5.25. The van der Waals surface area contributed by atoms with Crippen LogP contribution in [0.15, 0.2) is 12.1 Å². The van der Waals surface area contributed by atoms with Crippen LogP contribution in [-0.2, 0) is 9.53 Å². The van der Waals surface area contributed by atoms with Crippen molar-refractivity contribution in [3.63, 3.8) is 0 Å². The summed E-state index contributed by atoms with van der Waals surface area (Å²) in [7, 11) is 0. The van der Waals surface area contributed by atoms with Gasteiger partial charge in [0.1, 0.15) is 10.4 Å². The van der Waals surface area contributed by atoms with Gasteiger partial charge in [-0.3, -0.25) is 4.79 Å². The van der Waals surface area contributed by atoms with E-state index in [1.54, 1.807) is 6.92 Å². The Morgan fingerprint density at radius 1 is 1.40 bits per heavy atom. The first-order chi connectivity index (χ1) is 9.16. The molecule has 0 saturated carbocycles. The molecule has 0 aliphatic heterocycles. The number of esters is 1. The smallest absolute Gasteiger partial charge is 0.342 e. The molecule has 0 saturated heterocycles. The monoisotopic (exact) mass is 319 g/mol. The van der Waals surface area contributed by atoms with Crippen LogP contribution in [0.25, 0.3) is 0 Å². The van der Waals surface area contributed by atoms with Crippen LogP contribution in [0.5, 0.6) is 5.75 Å². The molecule has 0 atom stereocenters. The number of aromatic hydroxyl groups is 1. The Morgan fingerprint density at radius 2 is 2.00 bits per heavy atom. The Labute approximate surface area is 126 Å². The minimum absolute atomic E-state index is 0.000668. The highest BCUT2D eigenvalue weighted by atomic mass is 35.5. The molecule has 1 aromatic rings. The average molecular weight is 320 g/mol. The van der Waals surface area contributed by atoms with Gasteiger partial charge >= 0.3 is 5.97 Å². The lowest BCUT2D eigenvalue weighted by Gasteiger charge is -2.17. The number of phenols is 1. The van der Waals surface area contributed by atoms with Crippen LogP contribution in [0.4, 0.5) is 5.69 Å². The second kappa shape index (κ2) is 6.33. The van der Waals surface area contributed by atoms with Crippen molar-refractivity contribution < 1.29 is 19.4 Å². The van der Waals surface area contributed by atoms with Crippen molar-refractivity contribution in [2.75, 3.05) is 11.9 Å². The van der Waals surface area contributed by atoms with E-state index in [4.69, 9.17) is 27.9 Å². The van der Waals surface area contributed by atoms with Crippen molar-refractivity contribution in [3.8, 4) is 5.75 Å². The van der Waals surface area contributed by atoms with Gasteiger partial charge in [0.25, 0.3) is 0 Å². The molecule has 5 nitrogen and oxygen atoms in total. The molecule has 0 heterocycles. The molecule has 7 heteroatoms. The summed E-state index contributed by atoms with van der Waals surface area (Å²) >= 11 is 11.7. The van der Waals surface area contributed by atoms with E-state index in [1.165, 1.54) is 26.0 Å². The SMILES string of the molecule is CCOC(=O)c1cc(Cl)cc(NC(=O)C(C)(C)Cl)c1O. The number of rotatable bonds is 4. The van der Waals surface area contributed by atoms with Crippen molar-refractivity contribution in [1.82, 2.24) is 0 Å². The van der Waals surface area contributed by atoms with Gasteiger partial charge in [0, 0.05) is 5.02 Å². The third-order valence-electron chi connectivity index (χ3n) is 2.36. The maximum atomic E-state index is 11.8. The van der Waals surface area contributed by atoms with Gasteiger partial charge in [-0.25, -0.2) is 4.79 Å². The summed E-state index contributed by atoms with van der Waals surface area (Å²) < 4.78 is 4.79. The number of halogens is 2. The van der Waals surface area contributed by atoms with Crippen LogP contribution in [0.2, 0.25) is 5.02 Å². The first-order valence-electron chi connectivity index (χ1n) is 5.86. The molecule has 0 spiro atoms. The lowest BCUT2D eigenvalue weighted by atomic mass is 10.1. The van der Waals surface area contributed by atoms with Crippen LogP contribution in [0, 0.1) is 0 Å². The first kappa shape index (κ1) is 16.6. The topological polar surface area (TPSA) is 75.6 Å². The van der Waals surface area contributed by atoms with Crippen molar-refractivity contribution >= 4 is 40.8 Å². The van der Waals surface area contributed by atoms with Gasteiger partial charge < -0.3 is 15.2 Å². The predicted octanol–water partition coefficient (Wildman–Crippen LogP) is 3.18. The molecule has 0 fully saturated rings. The molecule has 1 rings (SSSR count). The Hall–Kier alpha value is -1.46. The standard InChI is InChI=1S/C13H15Cl2NO4/c1-4-20-11(18)8-5-7(14)6-9(10(8)17)16-12(19)13(2,3)15/h5-6,17H,4H2,1-3H3,(H,16,19). The summed E-state index contributed by atoms with van der Waals surface area (Å²) in [5.74, 6) is -1.68. The number of carbonyl (C=O) groups excluding carboxylic acids is 2. The van der Waals surface area contributed by atoms with E-state index in [1.807, 2.05) is 0 Å². The third-order valence-corrected chi connectivity index (χ3v) is 2.75. The summed E-state index contributed by atoms with van der Waals surface area (Å²) in [4.78, 5) is 22.3. The molecule has 20 heavy (non-hydrogen) atoms. The van der Waals surface area contributed by atoms with Gasteiger partial charge in [0.15, 0.2) is 5.75 Å². The molecular formula is C13H15Cl2NO4. The van der Waals surface area contributed by atoms with Gasteiger partial charge in [-0.15, -0.1) is 11.6 Å². The number of ether oxygens (including phenoxy) is 1. The Morgan fingerprint density at radius 3 is 2.50 bits per heavy atom. The number of phenolic OH excluding ortho intramolecular Hbond substituents is 1. The van der Waals surface area contributed by atoms with E-state index >= 15 is 0 Å². The summed E-state index contributed by atoms with van der Waals surface area (Å²) in [5.41, 5.74) is -0.124. The fourth-order valence-electron chi connectivity index (χ4n) is 1.33. The van der Waals surface area contributed by atoms with Crippen LogP contribution in [0.1, 0.15) is 31.1 Å². The van der Waals surface area contributed by atoms with Crippen molar-refractivity contribution in [1.29, 1.82) is 0 Å². The highest BCUT2D eigenvalue weighted by Gasteiger charge is 2.26. The normalized spacial score (nSPS) is 11.1. The minimum atomic E-state index is -1.17. The van der Waals surface area contributed by atoms with E-state index in [9.17, 15) is 14.7 Å². The lowest BCUT2D eigenvalue weighted by molar-refractivity contribution is -0.117. The van der Waals surface area contributed by atoms with E-state index < -0.39 is 22.5 Å². The summed E-state index contributed by atoms with van der Waals surface area (Å²) in [5, 5.41) is 12.6. The number of anilines is 1. The maximum absolute atomic E-state index is 11.8. The molecule has 0 aromatic heterocycles. The minimum Gasteiger partial charge on any atom is -0.505 e. The van der Waals surface area contributed by atoms with Crippen LogP contribution in [0.3, 0.4) is 0 Å². The average Bonchev–Trinajstić information content (AvgIpc) is 2.32. The van der Waals surface area contributed by atoms with E-state index in [-0.39, 0.29) is 22.9 Å². The largest absolute Gasteiger partial charge is 0.505 e. The summed E-state index contributed by atoms with van der Waals surface area (Å²) in [6, 6.07) is 2.58. The number of alkyl halides is 1. The molecule has 0 bridgehead atoms. The predicted molar refractivity (Wildman–Crippen MR) is 77.6 cm³/mol. The van der Waals surface area contributed by atoms with Crippen molar-refractivity contribution in [2.45, 2.75) is 25.6 Å². The zero-order valence-electron chi connectivity index (χ0n) is 11.3. The highest BCUT2D eigenvalue weighted by molar-refractivity contribution is 6.36. The summed E-state index contributed by atoms with van der Waals surface area (Å²) in [6.07, 6.45) is 0. The van der Waals surface area contributed by atoms with Crippen molar-refractivity contribution in [3.05, 3.63) is 22.7 Å². The maximum Gasteiger partial charge on any atom is 0.342 e. The fraction of sp³-hybridized carbons (Fsp3) is 0.385. The van der Waals surface area contributed by atoms with Gasteiger partial charge in [-0.1, -0.05) is 11.6 Å². The van der Waals surface area contributed by atoms with Crippen LogP contribution >= 0.6 is 23.2 Å².